The fourth-order valence-corrected chi connectivity index (χ4v) is 10.0. The Hall–Kier alpha value is -5.64. The minimum atomic E-state index is 0.121. The summed E-state index contributed by atoms with van der Waals surface area (Å²) in [5.41, 5.74) is 12.8. The highest BCUT2D eigenvalue weighted by atomic mass is 32.1. The van der Waals surface area contributed by atoms with Crippen LogP contribution in [0.2, 0.25) is 0 Å². The van der Waals surface area contributed by atoms with E-state index in [2.05, 4.69) is 195 Å². The molecule has 0 spiro atoms. The van der Waals surface area contributed by atoms with Crippen molar-refractivity contribution < 1.29 is 0 Å². The van der Waals surface area contributed by atoms with Crippen molar-refractivity contribution in [2.45, 2.75) is 51.4 Å². The van der Waals surface area contributed by atoms with Crippen LogP contribution in [-0.2, 0) is 10.8 Å². The van der Waals surface area contributed by atoms with Crippen LogP contribution < -0.4 is 4.90 Å². The van der Waals surface area contributed by atoms with Crippen molar-refractivity contribution >= 4 is 70.4 Å². The molecule has 0 unspecified atom stereocenters. The highest BCUT2D eigenvalue weighted by molar-refractivity contribution is 7.26. The molecule has 0 bridgehead atoms. The van der Waals surface area contributed by atoms with Crippen molar-refractivity contribution in [3.8, 4) is 16.8 Å². The average Bonchev–Trinajstić information content (AvgIpc) is 3.73. The molecule has 1 aliphatic carbocycles. The second kappa shape index (κ2) is 11.9. The Labute approximate surface area is 315 Å². The van der Waals surface area contributed by atoms with Gasteiger partial charge in [-0.25, -0.2) is 0 Å². The van der Waals surface area contributed by atoms with Crippen molar-refractivity contribution in [1.82, 2.24) is 4.57 Å². The Balaban J connectivity index is 1.22. The first-order chi connectivity index (χ1) is 25.8. The maximum Gasteiger partial charge on any atom is 0.0561 e. The fourth-order valence-electron chi connectivity index (χ4n) is 8.90. The summed E-state index contributed by atoms with van der Waals surface area (Å²) in [5, 5.41) is 5.13. The molecular formula is C50H42N2S. The molecule has 2 aromatic heterocycles. The third-order valence-corrected chi connectivity index (χ3v) is 13.0. The first kappa shape index (κ1) is 32.0. The molecule has 0 amide bonds. The van der Waals surface area contributed by atoms with Gasteiger partial charge < -0.3 is 9.47 Å². The normalized spacial score (nSPS) is 14.9. The van der Waals surface area contributed by atoms with E-state index in [1.807, 2.05) is 11.3 Å². The van der Waals surface area contributed by atoms with Gasteiger partial charge in [-0.1, -0.05) is 125 Å². The summed E-state index contributed by atoms with van der Waals surface area (Å²) in [5.74, 6) is 0. The Bertz CT molecular complexity index is 2830. The number of hydrogen-bond acceptors (Lipinski definition) is 2. The number of aromatic nitrogens is 1. The molecule has 9 aromatic rings. The maximum atomic E-state index is 2.50. The molecule has 53 heavy (non-hydrogen) atoms. The maximum absolute atomic E-state index is 2.50. The molecule has 0 fully saturated rings. The highest BCUT2D eigenvalue weighted by Crippen LogP contribution is 2.48. The molecule has 0 aliphatic heterocycles. The molecule has 0 N–H and O–H groups in total. The van der Waals surface area contributed by atoms with Crippen molar-refractivity contribution in [3.05, 3.63) is 169 Å². The monoisotopic (exact) mass is 702 g/mol. The van der Waals surface area contributed by atoms with E-state index in [0.29, 0.717) is 0 Å². The minimum absolute atomic E-state index is 0.121. The predicted molar refractivity (Wildman–Crippen MR) is 229 cm³/mol. The van der Waals surface area contributed by atoms with Crippen molar-refractivity contribution in [2.75, 3.05) is 4.90 Å². The SMILES string of the molecule is CC1(C)CCC(C)(C)c2cc(-n3c4ccccc4c4ccc(N(c5ccc(-c6ccccc6)cc5)c5cccc6sc7ccccc7c56)cc43)ccc21. The molecule has 0 saturated heterocycles. The van der Waals surface area contributed by atoms with E-state index in [-0.39, 0.29) is 10.8 Å². The van der Waals surface area contributed by atoms with Crippen LogP contribution in [0.15, 0.2) is 158 Å². The number of nitrogens with zero attached hydrogens (tertiary/aromatic N) is 2. The van der Waals surface area contributed by atoms with Crippen molar-refractivity contribution in [1.29, 1.82) is 0 Å². The molecule has 1 aliphatic rings. The van der Waals surface area contributed by atoms with Crippen LogP contribution in [0.5, 0.6) is 0 Å². The van der Waals surface area contributed by atoms with Gasteiger partial charge >= 0.3 is 0 Å². The largest absolute Gasteiger partial charge is 0.310 e. The number of rotatable bonds is 5. The van der Waals surface area contributed by atoms with Crippen LogP contribution in [0.1, 0.15) is 51.7 Å². The number of fused-ring (bicyclic) bond motifs is 7. The smallest absolute Gasteiger partial charge is 0.0561 e. The van der Waals surface area contributed by atoms with Gasteiger partial charge in [0.2, 0.25) is 0 Å². The lowest BCUT2D eigenvalue weighted by molar-refractivity contribution is 0.332. The lowest BCUT2D eigenvalue weighted by Gasteiger charge is -2.42. The van der Waals surface area contributed by atoms with E-state index >= 15 is 0 Å². The summed E-state index contributed by atoms with van der Waals surface area (Å²) in [6.07, 6.45) is 2.40. The van der Waals surface area contributed by atoms with Gasteiger partial charge in [-0.2, -0.15) is 0 Å². The summed E-state index contributed by atoms with van der Waals surface area (Å²) in [6, 6.07) is 58.6. The van der Waals surface area contributed by atoms with E-state index in [9.17, 15) is 0 Å². The van der Waals surface area contributed by atoms with Gasteiger partial charge in [0, 0.05) is 48.0 Å². The second-order valence-corrected chi connectivity index (χ2v) is 17.1. The van der Waals surface area contributed by atoms with Crippen LogP contribution in [0, 0.1) is 0 Å². The van der Waals surface area contributed by atoms with E-state index in [4.69, 9.17) is 0 Å². The predicted octanol–water partition coefficient (Wildman–Crippen LogP) is 14.6. The Morgan fingerprint density at radius 2 is 1.13 bits per heavy atom. The molecule has 0 radical (unpaired) electrons. The average molecular weight is 703 g/mol. The van der Waals surface area contributed by atoms with Crippen molar-refractivity contribution in [3.63, 3.8) is 0 Å². The summed E-state index contributed by atoms with van der Waals surface area (Å²) in [7, 11) is 0. The molecule has 7 aromatic carbocycles. The van der Waals surface area contributed by atoms with Gasteiger partial charge in [0.25, 0.3) is 0 Å². The molecule has 2 heterocycles. The topological polar surface area (TPSA) is 8.17 Å². The third-order valence-electron chi connectivity index (χ3n) is 11.9. The standard InChI is InChI=1S/C50H42N2S/c1-49(2)29-30-50(3,4)42-31-36(26-28-41(42)49)52-43-17-10-8-15-38(43)39-27-25-37(32-45(39)52)51(35-23-21-34(22-24-35)33-13-6-5-7-14-33)44-18-12-20-47-48(44)40-16-9-11-19-46(40)53-47/h5-28,31-32H,29-30H2,1-4H3. The second-order valence-electron chi connectivity index (χ2n) is 16.0. The zero-order valence-electron chi connectivity index (χ0n) is 30.7. The van der Waals surface area contributed by atoms with E-state index in [0.717, 1.165) is 11.4 Å². The number of para-hydroxylation sites is 1. The fraction of sp³-hybridized carbons (Fsp3) is 0.160. The van der Waals surface area contributed by atoms with Crippen LogP contribution in [0.4, 0.5) is 17.1 Å². The molecule has 258 valence electrons. The van der Waals surface area contributed by atoms with Gasteiger partial charge in [-0.15, -0.1) is 11.3 Å². The zero-order valence-corrected chi connectivity index (χ0v) is 31.5. The Morgan fingerprint density at radius 1 is 0.491 bits per heavy atom. The quantitative estimate of drug-likeness (QED) is 0.173. The summed E-state index contributed by atoms with van der Waals surface area (Å²) >= 11 is 1.87. The van der Waals surface area contributed by atoms with Crippen molar-refractivity contribution in [2.24, 2.45) is 0 Å². The molecule has 10 rings (SSSR count). The molecule has 0 atom stereocenters. The Morgan fingerprint density at radius 3 is 1.94 bits per heavy atom. The molecule has 3 heteroatoms. The summed E-state index contributed by atoms with van der Waals surface area (Å²) in [4.78, 5) is 2.47. The zero-order chi connectivity index (χ0) is 35.9. The summed E-state index contributed by atoms with van der Waals surface area (Å²) in [6.45, 7) is 9.66. The number of benzene rings is 7. The third kappa shape index (κ3) is 5.13. The van der Waals surface area contributed by atoms with Gasteiger partial charge in [0.05, 0.1) is 16.7 Å². The van der Waals surface area contributed by atoms with E-state index in [1.54, 1.807) is 0 Å². The van der Waals surface area contributed by atoms with Gasteiger partial charge in [0.1, 0.15) is 0 Å². The lowest BCUT2D eigenvalue weighted by atomic mass is 9.63. The van der Waals surface area contributed by atoms with Crippen LogP contribution in [0.25, 0.3) is 58.8 Å². The van der Waals surface area contributed by atoms with Gasteiger partial charge in [-0.05, 0) is 107 Å². The lowest BCUT2D eigenvalue weighted by Crippen LogP contribution is -2.33. The van der Waals surface area contributed by atoms with Crippen LogP contribution in [-0.4, -0.2) is 4.57 Å². The van der Waals surface area contributed by atoms with Crippen LogP contribution >= 0.6 is 11.3 Å². The number of hydrogen-bond donors (Lipinski definition) is 0. The van der Waals surface area contributed by atoms with Gasteiger partial charge in [0.15, 0.2) is 0 Å². The molecule has 2 nitrogen and oxygen atoms in total. The summed E-state index contributed by atoms with van der Waals surface area (Å²) < 4.78 is 5.11. The first-order valence-electron chi connectivity index (χ1n) is 18.8. The minimum Gasteiger partial charge on any atom is -0.310 e. The van der Waals surface area contributed by atoms with E-state index < -0.39 is 0 Å². The highest BCUT2D eigenvalue weighted by Gasteiger charge is 2.37. The Kier molecular flexibility index (Phi) is 7.22. The molecular weight excluding hydrogens is 661 g/mol. The number of thiophene rings is 1. The first-order valence-corrected chi connectivity index (χ1v) is 19.6. The van der Waals surface area contributed by atoms with Gasteiger partial charge in [-0.3, -0.25) is 0 Å². The molecule has 0 saturated carbocycles. The van der Waals surface area contributed by atoms with Crippen LogP contribution in [0.3, 0.4) is 0 Å². The van der Waals surface area contributed by atoms with E-state index in [1.165, 1.54) is 88.4 Å². The number of anilines is 3.